The first kappa shape index (κ1) is 19.8. The van der Waals surface area contributed by atoms with Crippen LogP contribution in [0.3, 0.4) is 0 Å². The van der Waals surface area contributed by atoms with Crippen LogP contribution in [0.1, 0.15) is 15.9 Å². The number of ether oxygens (including phenoxy) is 2. The molecule has 0 spiro atoms. The maximum absolute atomic E-state index is 12.6. The molecule has 0 unspecified atom stereocenters. The van der Waals surface area contributed by atoms with Crippen molar-refractivity contribution in [2.45, 2.75) is 13.2 Å². The molecule has 0 aliphatic heterocycles. The third-order valence-electron chi connectivity index (χ3n) is 3.75. The summed E-state index contributed by atoms with van der Waals surface area (Å²) in [5.41, 5.74) is 1.78. The highest BCUT2D eigenvalue weighted by Gasteiger charge is 2.13. The van der Waals surface area contributed by atoms with Gasteiger partial charge in [-0.1, -0.05) is 40.2 Å². The highest BCUT2D eigenvalue weighted by atomic mass is 79.9. The SMILES string of the molecule is O=C(Nc1ccc(OC(F)F)cc1)c1ccccc1OCc1cccc(Br)c1. The van der Waals surface area contributed by atoms with Crippen molar-refractivity contribution in [2.24, 2.45) is 0 Å². The minimum atomic E-state index is -2.89. The average molecular weight is 448 g/mol. The molecule has 4 nitrogen and oxygen atoms in total. The second-order valence-electron chi connectivity index (χ2n) is 5.77. The Labute approximate surface area is 169 Å². The molecular weight excluding hydrogens is 432 g/mol. The summed E-state index contributed by atoms with van der Waals surface area (Å²) in [6.45, 7) is -2.58. The Kier molecular flexibility index (Phi) is 6.60. The smallest absolute Gasteiger partial charge is 0.387 e. The normalized spacial score (nSPS) is 10.6. The van der Waals surface area contributed by atoms with Crippen LogP contribution in [-0.2, 0) is 6.61 Å². The average Bonchev–Trinajstić information content (AvgIpc) is 2.68. The van der Waals surface area contributed by atoms with Gasteiger partial charge in [0.1, 0.15) is 18.1 Å². The van der Waals surface area contributed by atoms with Gasteiger partial charge in [-0.15, -0.1) is 0 Å². The Balaban J connectivity index is 1.68. The van der Waals surface area contributed by atoms with E-state index in [0.29, 0.717) is 23.6 Å². The summed E-state index contributed by atoms with van der Waals surface area (Å²) in [6.07, 6.45) is 0. The number of carbonyl (C=O) groups excluding carboxylic acids is 1. The summed E-state index contributed by atoms with van der Waals surface area (Å²) in [6, 6.07) is 20.3. The van der Waals surface area contributed by atoms with Gasteiger partial charge in [-0.25, -0.2) is 0 Å². The summed E-state index contributed by atoms with van der Waals surface area (Å²) in [5.74, 6) is 0.0933. The molecule has 7 heteroatoms. The van der Waals surface area contributed by atoms with Gasteiger partial charge in [0, 0.05) is 10.2 Å². The van der Waals surface area contributed by atoms with Crippen molar-refractivity contribution in [3.05, 3.63) is 88.4 Å². The molecule has 0 saturated heterocycles. The maximum Gasteiger partial charge on any atom is 0.387 e. The standard InChI is InChI=1S/C21H16BrF2NO3/c22-15-5-3-4-14(12-15)13-27-19-7-2-1-6-18(19)20(26)25-16-8-10-17(11-9-16)28-21(23)24/h1-12,21H,13H2,(H,25,26). The minimum absolute atomic E-state index is 0.0192. The lowest BCUT2D eigenvalue weighted by atomic mass is 10.1. The second-order valence-corrected chi connectivity index (χ2v) is 6.69. The molecule has 0 aromatic heterocycles. The van der Waals surface area contributed by atoms with Crippen molar-refractivity contribution in [1.29, 1.82) is 0 Å². The number of para-hydroxylation sites is 1. The Morgan fingerprint density at radius 1 is 1.00 bits per heavy atom. The predicted molar refractivity (Wildman–Crippen MR) is 106 cm³/mol. The van der Waals surface area contributed by atoms with Gasteiger partial charge in [0.2, 0.25) is 0 Å². The van der Waals surface area contributed by atoms with Gasteiger partial charge in [-0.3, -0.25) is 4.79 Å². The molecule has 0 radical (unpaired) electrons. The van der Waals surface area contributed by atoms with E-state index in [2.05, 4.69) is 26.0 Å². The summed E-state index contributed by atoms with van der Waals surface area (Å²) in [7, 11) is 0. The zero-order valence-corrected chi connectivity index (χ0v) is 16.2. The third-order valence-corrected chi connectivity index (χ3v) is 4.25. The first-order valence-corrected chi connectivity index (χ1v) is 9.13. The minimum Gasteiger partial charge on any atom is -0.488 e. The maximum atomic E-state index is 12.6. The van der Waals surface area contributed by atoms with E-state index in [-0.39, 0.29) is 11.7 Å². The zero-order valence-electron chi connectivity index (χ0n) is 14.6. The van der Waals surface area contributed by atoms with Gasteiger partial charge in [0.05, 0.1) is 5.56 Å². The van der Waals surface area contributed by atoms with Gasteiger partial charge in [-0.2, -0.15) is 8.78 Å². The van der Waals surface area contributed by atoms with Crippen molar-refractivity contribution in [2.75, 3.05) is 5.32 Å². The van der Waals surface area contributed by atoms with E-state index >= 15 is 0 Å². The number of carbonyl (C=O) groups is 1. The van der Waals surface area contributed by atoms with Crippen LogP contribution in [0.5, 0.6) is 11.5 Å². The summed E-state index contributed by atoms with van der Waals surface area (Å²) < 4.78 is 35.5. The number of halogens is 3. The van der Waals surface area contributed by atoms with Crippen molar-refractivity contribution < 1.29 is 23.0 Å². The lowest BCUT2D eigenvalue weighted by Gasteiger charge is -2.12. The Morgan fingerprint density at radius 3 is 2.46 bits per heavy atom. The molecule has 0 atom stereocenters. The molecule has 0 aliphatic carbocycles. The number of alkyl halides is 2. The van der Waals surface area contributed by atoms with E-state index in [1.54, 1.807) is 24.3 Å². The van der Waals surface area contributed by atoms with Crippen molar-refractivity contribution in [3.63, 3.8) is 0 Å². The second kappa shape index (κ2) is 9.32. The molecule has 0 saturated carbocycles. The monoisotopic (exact) mass is 447 g/mol. The molecule has 1 amide bonds. The number of benzene rings is 3. The first-order valence-electron chi connectivity index (χ1n) is 8.34. The molecule has 3 aromatic carbocycles. The fraction of sp³-hybridized carbons (Fsp3) is 0.0952. The van der Waals surface area contributed by atoms with Crippen molar-refractivity contribution >= 4 is 27.5 Å². The van der Waals surface area contributed by atoms with Crippen LogP contribution in [0, 0.1) is 0 Å². The van der Waals surface area contributed by atoms with Crippen LogP contribution in [0.15, 0.2) is 77.3 Å². The van der Waals surface area contributed by atoms with Crippen molar-refractivity contribution in [3.8, 4) is 11.5 Å². The van der Waals surface area contributed by atoms with Gasteiger partial charge >= 0.3 is 6.61 Å². The van der Waals surface area contributed by atoms with Crippen LogP contribution in [0.2, 0.25) is 0 Å². The van der Waals surface area contributed by atoms with Gasteiger partial charge in [-0.05, 0) is 54.1 Å². The number of hydrogen-bond donors (Lipinski definition) is 1. The number of hydrogen-bond acceptors (Lipinski definition) is 3. The molecule has 3 rings (SSSR count). The third kappa shape index (κ3) is 5.53. The number of amides is 1. The quantitative estimate of drug-likeness (QED) is 0.491. The first-order chi connectivity index (χ1) is 13.5. The molecule has 3 aromatic rings. The molecule has 144 valence electrons. The van der Waals surface area contributed by atoms with Crippen LogP contribution in [0.4, 0.5) is 14.5 Å². The van der Waals surface area contributed by atoms with Crippen molar-refractivity contribution in [1.82, 2.24) is 0 Å². The molecular formula is C21H16BrF2NO3. The fourth-order valence-electron chi connectivity index (χ4n) is 2.49. The van der Waals surface area contributed by atoms with Gasteiger partial charge in [0.15, 0.2) is 0 Å². The molecule has 0 aliphatic rings. The van der Waals surface area contributed by atoms with Gasteiger partial charge in [0.25, 0.3) is 5.91 Å². The summed E-state index contributed by atoms with van der Waals surface area (Å²) in [5, 5.41) is 2.72. The molecule has 0 bridgehead atoms. The number of anilines is 1. The number of nitrogens with one attached hydrogen (secondary N) is 1. The fourth-order valence-corrected chi connectivity index (χ4v) is 2.93. The Hall–Kier alpha value is -2.93. The van der Waals surface area contributed by atoms with E-state index in [1.165, 1.54) is 24.3 Å². The molecule has 1 N–H and O–H groups in total. The summed E-state index contributed by atoms with van der Waals surface area (Å²) in [4.78, 5) is 12.6. The molecule has 0 fully saturated rings. The van der Waals surface area contributed by atoms with E-state index in [9.17, 15) is 13.6 Å². The van der Waals surface area contributed by atoms with Crippen LogP contribution >= 0.6 is 15.9 Å². The van der Waals surface area contributed by atoms with E-state index in [0.717, 1.165) is 10.0 Å². The van der Waals surface area contributed by atoms with Crippen LogP contribution < -0.4 is 14.8 Å². The van der Waals surface area contributed by atoms with E-state index in [4.69, 9.17) is 4.74 Å². The number of rotatable bonds is 7. The van der Waals surface area contributed by atoms with E-state index in [1.807, 2.05) is 24.3 Å². The highest BCUT2D eigenvalue weighted by molar-refractivity contribution is 9.10. The van der Waals surface area contributed by atoms with Crippen LogP contribution in [0.25, 0.3) is 0 Å². The Bertz CT molecular complexity index is 948. The topological polar surface area (TPSA) is 47.6 Å². The highest BCUT2D eigenvalue weighted by Crippen LogP contribution is 2.23. The zero-order chi connectivity index (χ0) is 19.9. The predicted octanol–water partition coefficient (Wildman–Crippen LogP) is 5.88. The molecule has 28 heavy (non-hydrogen) atoms. The largest absolute Gasteiger partial charge is 0.488 e. The lowest BCUT2D eigenvalue weighted by molar-refractivity contribution is -0.0498. The molecule has 0 heterocycles. The lowest BCUT2D eigenvalue weighted by Crippen LogP contribution is -2.13. The summed E-state index contributed by atoms with van der Waals surface area (Å²) >= 11 is 3.41. The van der Waals surface area contributed by atoms with E-state index < -0.39 is 6.61 Å². The van der Waals surface area contributed by atoms with Crippen LogP contribution in [-0.4, -0.2) is 12.5 Å². The Morgan fingerprint density at radius 2 is 1.75 bits per heavy atom. The van der Waals surface area contributed by atoms with Gasteiger partial charge < -0.3 is 14.8 Å².